The van der Waals surface area contributed by atoms with Gasteiger partial charge in [0.25, 0.3) is 15.9 Å². The van der Waals surface area contributed by atoms with Crippen LogP contribution in [0.3, 0.4) is 0 Å². The molecule has 0 aliphatic carbocycles. The van der Waals surface area contributed by atoms with Crippen molar-refractivity contribution >= 4 is 22.0 Å². The summed E-state index contributed by atoms with van der Waals surface area (Å²) in [6.07, 6.45) is -2.72. The van der Waals surface area contributed by atoms with Gasteiger partial charge in [-0.3, -0.25) is 4.79 Å². The fourth-order valence-corrected chi connectivity index (χ4v) is 4.74. The number of sulfonamides is 1. The van der Waals surface area contributed by atoms with Crippen molar-refractivity contribution in [2.45, 2.75) is 24.0 Å². The van der Waals surface area contributed by atoms with Crippen molar-refractivity contribution in [3.8, 4) is 16.9 Å². The molecule has 0 bridgehead atoms. The summed E-state index contributed by atoms with van der Waals surface area (Å²) in [4.78, 5) is 23.9. The maximum atomic E-state index is 12.7. The summed E-state index contributed by atoms with van der Waals surface area (Å²) >= 11 is 0. The molecule has 0 saturated heterocycles. The predicted molar refractivity (Wildman–Crippen MR) is 143 cm³/mol. The van der Waals surface area contributed by atoms with Crippen LogP contribution in [0.25, 0.3) is 11.1 Å². The molecule has 4 rings (SSSR count). The third-order valence-electron chi connectivity index (χ3n) is 5.65. The average Bonchev–Trinajstić information content (AvgIpc) is 2.93. The molecule has 4 aromatic carbocycles. The fraction of sp³-hybridized carbons (Fsp3) is 0.103. The van der Waals surface area contributed by atoms with E-state index >= 15 is 0 Å². The molecule has 8 nitrogen and oxygen atoms in total. The lowest BCUT2D eigenvalue weighted by Gasteiger charge is -2.17. The number of ether oxygens (including phenoxy) is 2. The Bertz CT molecular complexity index is 1470. The van der Waals surface area contributed by atoms with Crippen molar-refractivity contribution < 1.29 is 27.5 Å². The summed E-state index contributed by atoms with van der Waals surface area (Å²) in [6.45, 7) is 0.363. The Morgan fingerprint density at radius 3 is 1.89 bits per heavy atom. The van der Waals surface area contributed by atoms with Gasteiger partial charge < -0.3 is 15.2 Å². The van der Waals surface area contributed by atoms with Crippen molar-refractivity contribution in [2.24, 2.45) is 5.73 Å². The second-order valence-corrected chi connectivity index (χ2v) is 10.1. The lowest BCUT2D eigenvalue weighted by molar-refractivity contribution is -0.127. The highest BCUT2D eigenvalue weighted by molar-refractivity contribution is 7.90. The molecular formula is C29H26N2O6S. The van der Waals surface area contributed by atoms with Crippen LogP contribution in [0.1, 0.15) is 11.1 Å². The van der Waals surface area contributed by atoms with Gasteiger partial charge in [-0.05, 0) is 46.5 Å². The smallest absolute Gasteiger partial charge is 0.405 e. The third-order valence-corrected chi connectivity index (χ3v) is 7.01. The van der Waals surface area contributed by atoms with Crippen molar-refractivity contribution in [3.05, 3.63) is 120 Å². The summed E-state index contributed by atoms with van der Waals surface area (Å²) in [6, 6.07) is 32.4. The number of rotatable bonds is 10. The van der Waals surface area contributed by atoms with E-state index in [1.165, 1.54) is 24.3 Å². The maximum Gasteiger partial charge on any atom is 0.405 e. The van der Waals surface area contributed by atoms with E-state index in [0.717, 1.165) is 16.7 Å². The van der Waals surface area contributed by atoms with Gasteiger partial charge in [-0.1, -0.05) is 84.9 Å². The molecule has 2 amide bonds. The van der Waals surface area contributed by atoms with Crippen LogP contribution in [0.15, 0.2) is 114 Å². The highest BCUT2D eigenvalue weighted by atomic mass is 32.2. The first-order valence-electron chi connectivity index (χ1n) is 11.7. The zero-order valence-electron chi connectivity index (χ0n) is 20.3. The predicted octanol–water partition coefficient (Wildman–Crippen LogP) is 4.44. The molecule has 0 aromatic heterocycles. The minimum atomic E-state index is -4.14. The monoisotopic (exact) mass is 530 g/mol. The zero-order valence-corrected chi connectivity index (χ0v) is 21.1. The molecule has 3 N–H and O–H groups in total. The summed E-state index contributed by atoms with van der Waals surface area (Å²) < 4.78 is 37.7. The molecule has 194 valence electrons. The van der Waals surface area contributed by atoms with Gasteiger partial charge in [0.15, 0.2) is 6.10 Å². The Kier molecular flexibility index (Phi) is 8.40. The number of benzene rings is 4. The van der Waals surface area contributed by atoms with Crippen molar-refractivity contribution in [2.75, 3.05) is 0 Å². The van der Waals surface area contributed by atoms with Crippen LogP contribution in [-0.2, 0) is 32.6 Å². The van der Waals surface area contributed by atoms with Gasteiger partial charge in [0.05, 0.1) is 4.90 Å². The summed E-state index contributed by atoms with van der Waals surface area (Å²) in [5, 5.41) is 0. The van der Waals surface area contributed by atoms with E-state index in [1.807, 2.05) is 47.2 Å². The van der Waals surface area contributed by atoms with Crippen molar-refractivity contribution in [3.63, 3.8) is 0 Å². The second-order valence-electron chi connectivity index (χ2n) is 8.41. The number of hydrogen-bond donors (Lipinski definition) is 2. The van der Waals surface area contributed by atoms with Gasteiger partial charge in [-0.25, -0.2) is 17.9 Å². The fourth-order valence-electron chi connectivity index (χ4n) is 3.71. The summed E-state index contributed by atoms with van der Waals surface area (Å²) in [5.41, 5.74) is 8.98. The Labute approximate surface area is 221 Å². The van der Waals surface area contributed by atoms with E-state index in [-0.39, 0.29) is 11.3 Å². The van der Waals surface area contributed by atoms with Crippen molar-refractivity contribution in [1.82, 2.24) is 4.72 Å². The van der Waals surface area contributed by atoms with E-state index < -0.39 is 28.1 Å². The molecule has 0 aliphatic heterocycles. The molecule has 0 aliphatic rings. The molecule has 4 aromatic rings. The first-order chi connectivity index (χ1) is 18.3. The van der Waals surface area contributed by atoms with Gasteiger partial charge >= 0.3 is 6.09 Å². The highest BCUT2D eigenvalue weighted by Crippen LogP contribution is 2.21. The van der Waals surface area contributed by atoms with E-state index in [9.17, 15) is 18.0 Å². The van der Waals surface area contributed by atoms with Gasteiger partial charge in [-0.15, -0.1) is 0 Å². The van der Waals surface area contributed by atoms with E-state index in [2.05, 4.69) is 12.1 Å². The molecule has 0 saturated carbocycles. The Balaban J connectivity index is 1.36. The van der Waals surface area contributed by atoms with Gasteiger partial charge in [-0.2, -0.15) is 0 Å². The van der Waals surface area contributed by atoms with Gasteiger partial charge in [0.1, 0.15) is 12.4 Å². The molecule has 0 spiro atoms. The van der Waals surface area contributed by atoms with Crippen LogP contribution in [0, 0.1) is 0 Å². The van der Waals surface area contributed by atoms with Crippen LogP contribution >= 0.6 is 0 Å². The Morgan fingerprint density at radius 2 is 1.29 bits per heavy atom. The third kappa shape index (κ3) is 7.21. The first kappa shape index (κ1) is 26.4. The number of carbonyl (C=O) groups excluding carboxylic acids is 2. The number of nitrogens with one attached hydrogen (secondary N) is 1. The Hall–Kier alpha value is -4.63. The number of amides is 2. The zero-order chi connectivity index (χ0) is 27.0. The van der Waals surface area contributed by atoms with Gasteiger partial charge in [0, 0.05) is 6.42 Å². The second kappa shape index (κ2) is 12.1. The van der Waals surface area contributed by atoms with E-state index in [1.54, 1.807) is 30.3 Å². The molecule has 9 heteroatoms. The number of nitrogens with two attached hydrogens (primary N) is 1. The number of carbonyl (C=O) groups is 2. The topological polar surface area (TPSA) is 125 Å². The normalized spacial score (nSPS) is 11.8. The standard InChI is InChI=1S/C29H26N2O6S/c30-29(33)37-27(28(32)31-38(34,35)26-9-5-2-6-10-26)19-21-13-17-25(18-14-21)36-20-22-11-15-24(16-12-22)23-7-3-1-4-8-23/h1-18,27H,19-20H2,(H2,30,33)(H,31,32)/t27-/m0/s1. The molecular weight excluding hydrogens is 504 g/mol. The largest absolute Gasteiger partial charge is 0.489 e. The minimum absolute atomic E-state index is 0.0830. The highest BCUT2D eigenvalue weighted by Gasteiger charge is 2.27. The van der Waals surface area contributed by atoms with Crippen LogP contribution < -0.4 is 15.2 Å². The maximum absolute atomic E-state index is 12.7. The first-order valence-corrected chi connectivity index (χ1v) is 13.2. The van der Waals surface area contributed by atoms with Crippen LogP contribution in [0.4, 0.5) is 4.79 Å². The van der Waals surface area contributed by atoms with Crippen LogP contribution in [0.2, 0.25) is 0 Å². The SMILES string of the molecule is NC(=O)O[C@@H](Cc1ccc(OCc2ccc(-c3ccccc3)cc2)cc1)C(=O)NS(=O)(=O)c1ccccc1. The van der Waals surface area contributed by atoms with Crippen molar-refractivity contribution in [1.29, 1.82) is 0 Å². The lowest BCUT2D eigenvalue weighted by Crippen LogP contribution is -2.42. The molecule has 38 heavy (non-hydrogen) atoms. The summed E-state index contributed by atoms with van der Waals surface area (Å²) in [5.74, 6) is -0.406. The van der Waals surface area contributed by atoms with Crippen LogP contribution in [-0.4, -0.2) is 26.5 Å². The molecule has 0 fully saturated rings. The van der Waals surface area contributed by atoms with Gasteiger partial charge in [0.2, 0.25) is 0 Å². The molecule has 0 unspecified atom stereocenters. The minimum Gasteiger partial charge on any atom is -0.489 e. The lowest BCUT2D eigenvalue weighted by atomic mass is 10.0. The molecule has 0 heterocycles. The summed E-state index contributed by atoms with van der Waals surface area (Å²) in [7, 11) is -4.14. The quantitative estimate of drug-likeness (QED) is 0.312. The average molecular weight is 531 g/mol. The van der Waals surface area contributed by atoms with E-state index in [0.29, 0.717) is 17.9 Å². The number of hydrogen-bond acceptors (Lipinski definition) is 6. The number of primary amides is 1. The van der Waals surface area contributed by atoms with Crippen LogP contribution in [0.5, 0.6) is 5.75 Å². The Morgan fingerprint density at radius 1 is 0.737 bits per heavy atom. The molecule has 0 radical (unpaired) electrons. The molecule has 1 atom stereocenters. The van der Waals surface area contributed by atoms with E-state index in [4.69, 9.17) is 15.2 Å².